The van der Waals surface area contributed by atoms with Gasteiger partial charge in [0.1, 0.15) is 5.75 Å². The Morgan fingerprint density at radius 3 is 1.62 bits per heavy atom. The van der Waals surface area contributed by atoms with Gasteiger partial charge >= 0.3 is 17.9 Å². The number of carbonyl (C=O) groups is 3. The molecule has 0 N–H and O–H groups in total. The number of benzene rings is 1. The Kier molecular flexibility index (Phi) is 13.9. The molecule has 0 aliphatic rings. The largest absolute Gasteiger partial charge is 0.479 e. The van der Waals surface area contributed by atoms with Gasteiger partial charge in [-0.25, -0.2) is 4.79 Å². The molecule has 0 spiro atoms. The van der Waals surface area contributed by atoms with Gasteiger partial charge in [-0.05, 0) is 25.5 Å². The van der Waals surface area contributed by atoms with Crippen molar-refractivity contribution in [3.63, 3.8) is 0 Å². The van der Waals surface area contributed by atoms with Crippen molar-refractivity contribution in [1.29, 1.82) is 0 Å². The second kappa shape index (κ2) is 14.0. The number of hydrogen-bond donors (Lipinski definition) is 0. The van der Waals surface area contributed by atoms with Gasteiger partial charge < -0.3 is 18.9 Å². The van der Waals surface area contributed by atoms with Crippen LogP contribution in [0.3, 0.4) is 0 Å². The van der Waals surface area contributed by atoms with Crippen LogP contribution in [-0.2, 0) is 28.6 Å². The minimum atomic E-state index is -0.568. The Morgan fingerprint density at radius 1 is 0.875 bits per heavy atom. The summed E-state index contributed by atoms with van der Waals surface area (Å²) in [6, 6.07) is 7.55. The lowest BCUT2D eigenvalue weighted by Gasteiger charge is -2.13. The Hall–Kier alpha value is -2.57. The highest BCUT2D eigenvalue weighted by molar-refractivity contribution is 5.74. The highest BCUT2D eigenvalue weighted by atomic mass is 16.6. The average molecular weight is 342 g/mol. The van der Waals surface area contributed by atoms with Crippen LogP contribution in [0.25, 0.3) is 0 Å². The van der Waals surface area contributed by atoms with Crippen LogP contribution < -0.4 is 4.74 Å². The third-order valence-corrected chi connectivity index (χ3v) is 2.51. The number of ether oxygens (including phenoxy) is 4. The van der Waals surface area contributed by atoms with Crippen molar-refractivity contribution in [3.05, 3.63) is 29.8 Å². The van der Waals surface area contributed by atoms with Crippen LogP contribution in [0.5, 0.6) is 5.75 Å². The summed E-state index contributed by atoms with van der Waals surface area (Å²) in [6.45, 7) is 6.32. The number of rotatable bonds is 3. The maximum atomic E-state index is 11.1. The number of methoxy groups -OCH3 is 3. The monoisotopic (exact) mass is 342 g/mol. The first-order valence-electron chi connectivity index (χ1n) is 7.08. The summed E-state index contributed by atoms with van der Waals surface area (Å²) in [5.74, 6) is -0.145. The molecule has 1 atom stereocenters. The maximum Gasteiger partial charge on any atom is 0.346 e. The number of carbonyl (C=O) groups excluding carboxylic acids is 3. The van der Waals surface area contributed by atoms with E-state index in [2.05, 4.69) is 14.2 Å². The van der Waals surface area contributed by atoms with Gasteiger partial charge in [-0.3, -0.25) is 9.59 Å². The molecule has 1 rings (SSSR count). The Bertz CT molecular complexity index is 497. The molecule has 1 aromatic carbocycles. The average Bonchev–Trinajstić information content (AvgIpc) is 2.57. The number of esters is 3. The quantitative estimate of drug-likeness (QED) is 0.615. The van der Waals surface area contributed by atoms with Crippen molar-refractivity contribution >= 4 is 17.9 Å². The van der Waals surface area contributed by atoms with Gasteiger partial charge in [0.2, 0.25) is 0 Å². The lowest BCUT2D eigenvalue weighted by atomic mass is 10.2. The molecule has 0 heterocycles. The smallest absolute Gasteiger partial charge is 0.346 e. The predicted octanol–water partition coefficient (Wildman–Crippen LogP) is 2.29. The summed E-state index contributed by atoms with van der Waals surface area (Å²) in [6.07, 6.45) is -0.568. The molecule has 0 radical (unpaired) electrons. The molecule has 0 fully saturated rings. The Labute approximate surface area is 142 Å². The van der Waals surface area contributed by atoms with Crippen LogP contribution in [0.2, 0.25) is 0 Å². The van der Waals surface area contributed by atoms with E-state index in [0.717, 1.165) is 5.56 Å². The number of aryl methyl sites for hydroxylation is 1. The van der Waals surface area contributed by atoms with Crippen LogP contribution >= 0.6 is 0 Å². The molecule has 24 heavy (non-hydrogen) atoms. The van der Waals surface area contributed by atoms with Crippen LogP contribution in [0.1, 0.15) is 26.3 Å². The van der Waals surface area contributed by atoms with Gasteiger partial charge in [-0.15, -0.1) is 0 Å². The highest BCUT2D eigenvalue weighted by Crippen LogP contribution is 2.17. The SMILES string of the molecule is COC(=O)C(C)Oc1ccccc1C.COC(C)=O.COC(C)=O. The molecule has 0 aromatic heterocycles. The molecular weight excluding hydrogens is 316 g/mol. The summed E-state index contributed by atoms with van der Waals surface area (Å²) in [5.41, 5.74) is 1.00. The van der Waals surface area contributed by atoms with E-state index >= 15 is 0 Å². The van der Waals surface area contributed by atoms with E-state index in [4.69, 9.17) is 4.74 Å². The fourth-order valence-electron chi connectivity index (χ4n) is 1.09. The molecule has 1 unspecified atom stereocenters. The van der Waals surface area contributed by atoms with Gasteiger partial charge in [0.15, 0.2) is 6.10 Å². The van der Waals surface area contributed by atoms with E-state index in [0.29, 0.717) is 5.75 Å². The summed E-state index contributed by atoms with van der Waals surface area (Å²) in [7, 11) is 4.05. The summed E-state index contributed by atoms with van der Waals surface area (Å²) >= 11 is 0. The van der Waals surface area contributed by atoms with E-state index in [9.17, 15) is 14.4 Å². The van der Waals surface area contributed by atoms with Crippen LogP contribution in [0.4, 0.5) is 0 Å². The fraction of sp³-hybridized carbons (Fsp3) is 0.471. The first kappa shape index (κ1) is 23.7. The minimum absolute atomic E-state index is 0.245. The van der Waals surface area contributed by atoms with Gasteiger partial charge in [0.05, 0.1) is 21.3 Å². The van der Waals surface area contributed by atoms with E-state index < -0.39 is 6.10 Å². The van der Waals surface area contributed by atoms with Gasteiger partial charge in [0.25, 0.3) is 0 Å². The molecule has 0 aliphatic carbocycles. The van der Waals surface area contributed by atoms with Crippen molar-refractivity contribution in [2.45, 2.75) is 33.8 Å². The first-order chi connectivity index (χ1) is 11.2. The van der Waals surface area contributed by atoms with E-state index in [1.807, 2.05) is 31.2 Å². The highest BCUT2D eigenvalue weighted by Gasteiger charge is 2.15. The number of para-hydroxylation sites is 1. The Balaban J connectivity index is 0. The molecule has 1 aromatic rings. The standard InChI is InChI=1S/C11H14O3.2C3H6O2/c1-8-6-4-5-7-10(8)14-9(2)11(12)13-3;2*1-3(4)5-2/h4-7,9H,1-3H3;2*1-2H3. The van der Waals surface area contributed by atoms with Gasteiger partial charge in [-0.2, -0.15) is 0 Å². The summed E-state index contributed by atoms with van der Waals surface area (Å²) < 4.78 is 18.2. The number of hydrogen-bond acceptors (Lipinski definition) is 7. The second-order valence-electron chi connectivity index (χ2n) is 4.44. The van der Waals surface area contributed by atoms with Crippen molar-refractivity contribution in [1.82, 2.24) is 0 Å². The molecular formula is C17H26O7. The van der Waals surface area contributed by atoms with Crippen molar-refractivity contribution < 1.29 is 33.3 Å². The third-order valence-electron chi connectivity index (χ3n) is 2.51. The predicted molar refractivity (Wildman–Crippen MR) is 88.7 cm³/mol. The molecule has 136 valence electrons. The molecule has 7 heteroatoms. The molecule has 0 aliphatic heterocycles. The van der Waals surface area contributed by atoms with Crippen LogP contribution in [0.15, 0.2) is 24.3 Å². The second-order valence-corrected chi connectivity index (χ2v) is 4.44. The fourth-order valence-corrected chi connectivity index (χ4v) is 1.09. The zero-order valence-electron chi connectivity index (χ0n) is 15.2. The zero-order chi connectivity index (χ0) is 19.1. The summed E-state index contributed by atoms with van der Waals surface area (Å²) in [5, 5.41) is 0. The van der Waals surface area contributed by atoms with Crippen molar-refractivity contribution in [2.75, 3.05) is 21.3 Å². The van der Waals surface area contributed by atoms with Crippen LogP contribution in [-0.4, -0.2) is 45.3 Å². The molecule has 0 amide bonds. The lowest BCUT2D eigenvalue weighted by molar-refractivity contribution is -0.148. The first-order valence-corrected chi connectivity index (χ1v) is 7.08. The van der Waals surface area contributed by atoms with Crippen LogP contribution in [0, 0.1) is 6.92 Å². The van der Waals surface area contributed by atoms with Crippen molar-refractivity contribution in [2.24, 2.45) is 0 Å². The Morgan fingerprint density at radius 2 is 1.29 bits per heavy atom. The molecule has 0 saturated carbocycles. The van der Waals surface area contributed by atoms with E-state index in [-0.39, 0.29) is 17.9 Å². The minimum Gasteiger partial charge on any atom is -0.479 e. The zero-order valence-corrected chi connectivity index (χ0v) is 15.2. The summed E-state index contributed by atoms with van der Waals surface area (Å²) in [4.78, 5) is 30.3. The molecule has 7 nitrogen and oxygen atoms in total. The maximum absolute atomic E-state index is 11.1. The lowest BCUT2D eigenvalue weighted by Crippen LogP contribution is -2.25. The normalized spacial score (nSPS) is 9.79. The third kappa shape index (κ3) is 13.1. The van der Waals surface area contributed by atoms with Crippen molar-refractivity contribution in [3.8, 4) is 5.75 Å². The van der Waals surface area contributed by atoms with E-state index in [1.54, 1.807) is 6.92 Å². The van der Waals surface area contributed by atoms with Gasteiger partial charge in [0, 0.05) is 13.8 Å². The topological polar surface area (TPSA) is 88.1 Å². The van der Waals surface area contributed by atoms with E-state index in [1.165, 1.54) is 35.2 Å². The molecule has 0 bridgehead atoms. The van der Waals surface area contributed by atoms with Gasteiger partial charge in [-0.1, -0.05) is 18.2 Å². The molecule has 0 saturated heterocycles.